The van der Waals surface area contributed by atoms with E-state index in [0.29, 0.717) is 28.0 Å². The van der Waals surface area contributed by atoms with E-state index in [1.54, 1.807) is 43.7 Å². The van der Waals surface area contributed by atoms with Gasteiger partial charge in [0.1, 0.15) is 17.5 Å². The minimum Gasteiger partial charge on any atom is -0.368 e. The number of benzene rings is 3. The Kier molecular flexibility index (Phi) is 5.63. The first kappa shape index (κ1) is 23.7. The van der Waals surface area contributed by atoms with Crippen LogP contribution in [-0.4, -0.2) is 32.2 Å². The Bertz CT molecular complexity index is 1700. The molecule has 5 rings (SSSR count). The van der Waals surface area contributed by atoms with Gasteiger partial charge in [-0.2, -0.15) is 0 Å². The summed E-state index contributed by atoms with van der Waals surface area (Å²) in [7, 11) is -2.12. The number of anilines is 1. The van der Waals surface area contributed by atoms with E-state index in [2.05, 4.69) is 9.97 Å². The zero-order valence-electron chi connectivity index (χ0n) is 19.8. The fourth-order valence-corrected chi connectivity index (χ4v) is 5.40. The average molecular weight is 508 g/mol. The van der Waals surface area contributed by atoms with Crippen LogP contribution in [0.15, 0.2) is 66.7 Å². The molecule has 36 heavy (non-hydrogen) atoms. The summed E-state index contributed by atoms with van der Waals surface area (Å²) in [6, 6.07) is 18.0. The fraction of sp³-hybridized carbons (Fsp3) is 0.154. The third kappa shape index (κ3) is 3.65. The van der Waals surface area contributed by atoms with Crippen LogP contribution in [0.1, 0.15) is 13.8 Å². The second-order valence-electron chi connectivity index (χ2n) is 8.69. The SMILES string of the molecule is CC(C)S(=O)(=O)n1c(N)nc2ccc(-c3nc(-c4c(F)cccc4F)n(C)c3-c3ccccc3)cc21. The van der Waals surface area contributed by atoms with E-state index in [9.17, 15) is 17.2 Å². The van der Waals surface area contributed by atoms with Crippen LogP contribution in [0.2, 0.25) is 0 Å². The number of imidazole rings is 2. The number of nitrogen functional groups attached to an aromatic ring is 1. The lowest BCUT2D eigenvalue weighted by molar-refractivity contribution is 0.580. The zero-order valence-corrected chi connectivity index (χ0v) is 20.6. The molecule has 3 aromatic carbocycles. The lowest BCUT2D eigenvalue weighted by Crippen LogP contribution is -2.23. The summed E-state index contributed by atoms with van der Waals surface area (Å²) in [4.78, 5) is 8.87. The summed E-state index contributed by atoms with van der Waals surface area (Å²) < 4.78 is 58.2. The predicted octanol–water partition coefficient (Wildman–Crippen LogP) is 5.22. The number of halogens is 2. The molecule has 2 heterocycles. The Morgan fingerprint density at radius 3 is 2.19 bits per heavy atom. The third-order valence-electron chi connectivity index (χ3n) is 6.09. The van der Waals surface area contributed by atoms with E-state index in [1.165, 1.54) is 18.2 Å². The molecule has 5 aromatic rings. The number of aromatic nitrogens is 4. The van der Waals surface area contributed by atoms with Crippen molar-refractivity contribution in [1.29, 1.82) is 0 Å². The highest BCUT2D eigenvalue weighted by Crippen LogP contribution is 2.38. The monoisotopic (exact) mass is 507 g/mol. The fourth-order valence-electron chi connectivity index (χ4n) is 4.26. The molecule has 0 atom stereocenters. The van der Waals surface area contributed by atoms with Gasteiger partial charge in [0.2, 0.25) is 16.0 Å². The van der Waals surface area contributed by atoms with Crippen molar-refractivity contribution in [3.05, 3.63) is 78.4 Å². The topological polar surface area (TPSA) is 95.8 Å². The van der Waals surface area contributed by atoms with Gasteiger partial charge in [0, 0.05) is 18.2 Å². The molecule has 2 N–H and O–H groups in total. The molecule has 0 spiro atoms. The van der Waals surface area contributed by atoms with Crippen LogP contribution in [0.5, 0.6) is 0 Å². The Balaban J connectivity index is 1.83. The van der Waals surface area contributed by atoms with E-state index in [1.807, 2.05) is 30.3 Å². The Morgan fingerprint density at radius 1 is 0.889 bits per heavy atom. The quantitative estimate of drug-likeness (QED) is 0.352. The minimum atomic E-state index is -3.80. The molecule has 0 radical (unpaired) electrons. The molecular formula is C26H23F2N5O2S. The maximum atomic E-state index is 14.7. The molecule has 0 unspecified atom stereocenters. The van der Waals surface area contributed by atoms with E-state index in [-0.39, 0.29) is 17.3 Å². The average Bonchev–Trinajstić information content (AvgIpc) is 3.35. The second kappa shape index (κ2) is 8.56. The normalized spacial score (nSPS) is 12.1. The molecular weight excluding hydrogens is 484 g/mol. The van der Waals surface area contributed by atoms with Gasteiger partial charge in [-0.15, -0.1) is 0 Å². The molecule has 0 fully saturated rings. The smallest absolute Gasteiger partial charge is 0.244 e. The third-order valence-corrected chi connectivity index (χ3v) is 8.17. The van der Waals surface area contributed by atoms with Gasteiger partial charge >= 0.3 is 0 Å². The summed E-state index contributed by atoms with van der Waals surface area (Å²) in [5.41, 5.74) is 8.79. The number of nitrogens with two attached hydrogens (primary N) is 1. The van der Waals surface area contributed by atoms with Crippen molar-refractivity contribution in [1.82, 2.24) is 18.5 Å². The van der Waals surface area contributed by atoms with E-state index < -0.39 is 26.9 Å². The van der Waals surface area contributed by atoms with Crippen molar-refractivity contribution in [2.45, 2.75) is 19.1 Å². The number of fused-ring (bicyclic) bond motifs is 1. The molecule has 0 aliphatic heterocycles. The highest BCUT2D eigenvalue weighted by molar-refractivity contribution is 7.90. The zero-order chi connectivity index (χ0) is 25.8. The molecule has 10 heteroatoms. The van der Waals surface area contributed by atoms with Crippen LogP contribution in [0.25, 0.3) is 44.9 Å². The summed E-state index contributed by atoms with van der Waals surface area (Å²) in [6.45, 7) is 3.12. The van der Waals surface area contributed by atoms with Gasteiger partial charge in [-0.1, -0.05) is 42.5 Å². The van der Waals surface area contributed by atoms with Gasteiger partial charge in [-0.25, -0.2) is 31.1 Å². The van der Waals surface area contributed by atoms with Crippen LogP contribution in [0.3, 0.4) is 0 Å². The first-order chi connectivity index (χ1) is 17.1. The van der Waals surface area contributed by atoms with Gasteiger partial charge in [-0.3, -0.25) is 0 Å². The van der Waals surface area contributed by atoms with Crippen molar-refractivity contribution in [2.24, 2.45) is 7.05 Å². The largest absolute Gasteiger partial charge is 0.368 e. The first-order valence-electron chi connectivity index (χ1n) is 11.2. The maximum Gasteiger partial charge on any atom is 0.244 e. The molecule has 7 nitrogen and oxygen atoms in total. The van der Waals surface area contributed by atoms with Gasteiger partial charge in [0.15, 0.2) is 0 Å². The Hall–Kier alpha value is -4.05. The molecule has 184 valence electrons. The van der Waals surface area contributed by atoms with E-state index in [0.717, 1.165) is 9.54 Å². The highest BCUT2D eigenvalue weighted by atomic mass is 32.2. The summed E-state index contributed by atoms with van der Waals surface area (Å²) in [5.74, 6) is -1.52. The molecule has 0 saturated heterocycles. The van der Waals surface area contributed by atoms with Gasteiger partial charge in [-0.05, 0) is 38.1 Å². The van der Waals surface area contributed by atoms with Gasteiger partial charge in [0.25, 0.3) is 0 Å². The number of nitrogens with zero attached hydrogens (tertiary/aromatic N) is 4. The molecule has 0 bridgehead atoms. The second-order valence-corrected chi connectivity index (χ2v) is 11.0. The van der Waals surface area contributed by atoms with Gasteiger partial charge in [0.05, 0.1) is 33.2 Å². The summed E-state index contributed by atoms with van der Waals surface area (Å²) >= 11 is 0. The number of hydrogen-bond donors (Lipinski definition) is 1. The van der Waals surface area contributed by atoms with Crippen molar-refractivity contribution in [3.63, 3.8) is 0 Å². The summed E-state index contributed by atoms with van der Waals surface area (Å²) in [6.07, 6.45) is 0. The van der Waals surface area contributed by atoms with E-state index in [4.69, 9.17) is 5.73 Å². The highest BCUT2D eigenvalue weighted by Gasteiger charge is 2.27. The molecule has 0 aliphatic rings. The lowest BCUT2D eigenvalue weighted by Gasteiger charge is -2.12. The van der Waals surface area contributed by atoms with Crippen molar-refractivity contribution >= 4 is 27.0 Å². The van der Waals surface area contributed by atoms with Crippen molar-refractivity contribution in [3.8, 4) is 33.9 Å². The van der Waals surface area contributed by atoms with Gasteiger partial charge < -0.3 is 10.3 Å². The van der Waals surface area contributed by atoms with Crippen LogP contribution in [0.4, 0.5) is 14.7 Å². The molecule has 0 saturated carbocycles. The van der Waals surface area contributed by atoms with Crippen LogP contribution < -0.4 is 5.73 Å². The van der Waals surface area contributed by atoms with Crippen LogP contribution in [-0.2, 0) is 17.1 Å². The van der Waals surface area contributed by atoms with Crippen LogP contribution in [0, 0.1) is 11.6 Å². The Labute approximate surface area is 206 Å². The van der Waals surface area contributed by atoms with E-state index >= 15 is 0 Å². The lowest BCUT2D eigenvalue weighted by atomic mass is 10.0. The molecule has 0 aliphatic carbocycles. The first-order valence-corrected chi connectivity index (χ1v) is 12.7. The number of hydrogen-bond acceptors (Lipinski definition) is 5. The molecule has 2 aromatic heterocycles. The van der Waals surface area contributed by atoms with Crippen molar-refractivity contribution < 1.29 is 17.2 Å². The summed E-state index contributed by atoms with van der Waals surface area (Å²) in [5, 5.41) is -0.730. The predicted molar refractivity (Wildman–Crippen MR) is 137 cm³/mol. The maximum absolute atomic E-state index is 14.7. The molecule has 0 amide bonds. The minimum absolute atomic E-state index is 0.0994. The standard InChI is InChI=1S/C26H23F2N5O2S/c1-15(2)36(34,35)33-21-14-17(12-13-20(21)30-26(33)29)23-24(16-8-5-4-6-9-16)32(3)25(31-23)22-18(27)10-7-11-19(22)28/h4-15H,1-3H3,(H2,29,30). The Morgan fingerprint density at radius 2 is 1.56 bits per heavy atom. The number of rotatable bonds is 5. The van der Waals surface area contributed by atoms with Crippen molar-refractivity contribution in [2.75, 3.05) is 5.73 Å². The van der Waals surface area contributed by atoms with Crippen LogP contribution >= 0.6 is 0 Å².